The van der Waals surface area contributed by atoms with Crippen LogP contribution in [-0.2, 0) is 30.4 Å². The molecule has 0 saturated heterocycles. The Balaban J connectivity index is 1.42. The molecule has 19 heteroatoms. The Labute approximate surface area is 302 Å². The summed E-state index contributed by atoms with van der Waals surface area (Å²) in [5.41, 5.74) is 1.05. The topological polar surface area (TPSA) is 254 Å². The number of phenols is 1. The van der Waals surface area contributed by atoms with Crippen LogP contribution in [-0.4, -0.2) is 51.1 Å². The zero-order valence-electron chi connectivity index (χ0n) is 27.4. The Kier molecular flexibility index (Phi) is 9.73. The maximum atomic E-state index is 12.5. The van der Waals surface area contributed by atoms with Crippen LogP contribution >= 0.6 is 0 Å². The summed E-state index contributed by atoms with van der Waals surface area (Å²) in [7, 11) is -13.4. The second-order valence-corrected chi connectivity index (χ2v) is 15.6. The first kappa shape index (κ1) is 36.9. The maximum Gasteiger partial charge on any atom is 0.296 e. The normalized spacial score (nSPS) is 12.6. The molecule has 0 unspecified atom stereocenters. The van der Waals surface area contributed by atoms with E-state index in [0.29, 0.717) is 11.3 Å². The third kappa shape index (κ3) is 7.84. The van der Waals surface area contributed by atoms with Crippen LogP contribution in [0.5, 0.6) is 11.5 Å². The van der Waals surface area contributed by atoms with E-state index in [2.05, 4.69) is 25.8 Å². The molecule has 16 nitrogen and oxygen atoms in total. The van der Waals surface area contributed by atoms with Gasteiger partial charge in [-0.25, -0.2) is 0 Å². The van der Waals surface area contributed by atoms with Crippen LogP contribution in [0, 0.1) is 6.92 Å². The largest absolute Gasteiger partial charge is 0.505 e. The van der Waals surface area contributed by atoms with Crippen molar-refractivity contribution in [3.05, 3.63) is 103 Å². The predicted molar refractivity (Wildman–Crippen MR) is 195 cm³/mol. The molecule has 6 rings (SSSR count). The van der Waals surface area contributed by atoms with E-state index in [1.54, 1.807) is 19.1 Å². The van der Waals surface area contributed by atoms with Crippen molar-refractivity contribution in [1.29, 1.82) is 0 Å². The van der Waals surface area contributed by atoms with Gasteiger partial charge in [0.15, 0.2) is 5.75 Å². The SMILES string of the molecule is COc1cc(C)c(N=Nc2cc(S(=O)(=O)O)c3cccc(S(=O)(=O)O)c3c2)cc1N=Nc1c(S(=O)(=O)O)cc2cc(Nc3ccccc3)ccc2c1O. The lowest BCUT2D eigenvalue weighted by molar-refractivity contribution is 0.415. The number of azo groups is 2. The van der Waals surface area contributed by atoms with Gasteiger partial charge in [0.25, 0.3) is 30.4 Å². The van der Waals surface area contributed by atoms with Crippen LogP contribution in [0.15, 0.2) is 132 Å². The molecule has 0 aliphatic carbocycles. The van der Waals surface area contributed by atoms with E-state index in [9.17, 15) is 44.0 Å². The van der Waals surface area contributed by atoms with Crippen LogP contribution in [0.1, 0.15) is 5.56 Å². The second kappa shape index (κ2) is 14.0. The maximum absolute atomic E-state index is 12.5. The lowest BCUT2D eigenvalue weighted by atomic mass is 10.1. The van der Waals surface area contributed by atoms with Gasteiger partial charge in [0.2, 0.25) is 0 Å². The zero-order chi connectivity index (χ0) is 38.3. The van der Waals surface area contributed by atoms with Crippen molar-refractivity contribution in [2.24, 2.45) is 20.5 Å². The van der Waals surface area contributed by atoms with E-state index in [1.807, 2.05) is 30.3 Å². The summed E-state index contributed by atoms with van der Waals surface area (Å²) in [6.07, 6.45) is 0. The van der Waals surface area contributed by atoms with Crippen molar-refractivity contribution in [3.8, 4) is 11.5 Å². The molecular formula is C34H27N5O11S3. The van der Waals surface area contributed by atoms with Gasteiger partial charge < -0.3 is 15.2 Å². The number of fused-ring (bicyclic) bond motifs is 2. The van der Waals surface area contributed by atoms with Crippen LogP contribution in [0.3, 0.4) is 0 Å². The molecule has 0 aliphatic rings. The van der Waals surface area contributed by atoms with E-state index in [4.69, 9.17) is 4.74 Å². The number of methoxy groups -OCH3 is 1. The number of aromatic hydroxyl groups is 1. The summed E-state index contributed by atoms with van der Waals surface area (Å²) < 4.78 is 109. The van der Waals surface area contributed by atoms with Crippen molar-refractivity contribution in [2.75, 3.05) is 12.4 Å². The lowest BCUT2D eigenvalue weighted by Crippen LogP contribution is -2.03. The molecule has 53 heavy (non-hydrogen) atoms. The number of nitrogens with one attached hydrogen (secondary N) is 1. The average Bonchev–Trinajstić information content (AvgIpc) is 3.09. The van der Waals surface area contributed by atoms with Crippen molar-refractivity contribution in [3.63, 3.8) is 0 Å². The summed E-state index contributed by atoms with van der Waals surface area (Å²) >= 11 is 0. The van der Waals surface area contributed by atoms with Crippen LogP contribution in [0.25, 0.3) is 21.5 Å². The molecule has 6 aromatic carbocycles. The highest BCUT2D eigenvalue weighted by Crippen LogP contribution is 2.44. The summed E-state index contributed by atoms with van der Waals surface area (Å²) in [5.74, 6) is -0.459. The molecule has 0 fully saturated rings. The minimum absolute atomic E-state index is 0.0407. The zero-order valence-corrected chi connectivity index (χ0v) is 29.8. The average molecular weight is 778 g/mol. The number of para-hydroxylation sites is 1. The first-order chi connectivity index (χ1) is 24.9. The van der Waals surface area contributed by atoms with Gasteiger partial charge in [0, 0.05) is 27.5 Å². The standard InChI is InChI=1S/C34H27N5O11S3/c1-19-13-29(50-2)28(18-27(19)37-36-23-16-26-25(31(17-23)52(44,45)46)9-6-10-30(26)51(41,42)43)38-39-33-32(53(47,48)49)15-20-14-22(11-12-24(20)34(33)40)35-21-7-4-3-5-8-21/h3-18,35,40H,1-2H3,(H,41,42,43)(H,44,45,46)(H,47,48,49). The van der Waals surface area contributed by atoms with Gasteiger partial charge in [-0.1, -0.05) is 30.3 Å². The van der Waals surface area contributed by atoms with Crippen LogP contribution < -0.4 is 10.1 Å². The predicted octanol–water partition coefficient (Wildman–Crippen LogP) is 8.33. The van der Waals surface area contributed by atoms with Crippen molar-refractivity contribution in [2.45, 2.75) is 21.6 Å². The molecule has 0 aliphatic heterocycles. The number of nitrogens with zero attached hydrogens (tertiary/aromatic N) is 4. The van der Waals surface area contributed by atoms with Gasteiger partial charge in [-0.2, -0.15) is 35.5 Å². The monoisotopic (exact) mass is 777 g/mol. The van der Waals surface area contributed by atoms with Crippen molar-refractivity contribution in [1.82, 2.24) is 0 Å². The van der Waals surface area contributed by atoms with Crippen molar-refractivity contribution < 1.29 is 48.8 Å². The Morgan fingerprint density at radius 1 is 0.585 bits per heavy atom. The number of aryl methyl sites for hydroxylation is 1. The van der Waals surface area contributed by atoms with Gasteiger partial charge in [0.1, 0.15) is 31.8 Å². The number of rotatable bonds is 10. The molecule has 272 valence electrons. The third-order valence-corrected chi connectivity index (χ3v) is 10.6. The van der Waals surface area contributed by atoms with E-state index in [0.717, 1.165) is 30.0 Å². The third-order valence-electron chi connectivity index (χ3n) is 7.88. The molecule has 5 N–H and O–H groups in total. The fraction of sp³-hybridized carbons (Fsp3) is 0.0588. The fourth-order valence-corrected chi connectivity index (χ4v) is 7.52. The number of hydrogen-bond donors (Lipinski definition) is 5. The van der Waals surface area contributed by atoms with E-state index >= 15 is 0 Å². The number of ether oxygens (including phenoxy) is 1. The fourth-order valence-electron chi connectivity index (χ4n) is 5.44. The molecule has 0 amide bonds. The van der Waals surface area contributed by atoms with Crippen LogP contribution in [0.2, 0.25) is 0 Å². The summed E-state index contributed by atoms with van der Waals surface area (Å²) in [6.45, 7) is 1.62. The number of phenolic OH excluding ortho intramolecular Hbond substituents is 1. The summed E-state index contributed by atoms with van der Waals surface area (Å²) in [4.78, 5) is -2.06. The number of anilines is 2. The highest BCUT2D eigenvalue weighted by Gasteiger charge is 2.24. The van der Waals surface area contributed by atoms with Gasteiger partial charge in [-0.15, -0.1) is 10.2 Å². The molecule has 0 aromatic heterocycles. The molecule has 0 radical (unpaired) electrons. The Morgan fingerprint density at radius 3 is 1.92 bits per heavy atom. The second-order valence-electron chi connectivity index (χ2n) is 11.4. The number of hydrogen-bond acceptors (Lipinski definition) is 13. The summed E-state index contributed by atoms with van der Waals surface area (Å²) in [5, 5.41) is 30.6. The van der Waals surface area contributed by atoms with E-state index in [1.165, 1.54) is 37.4 Å². The minimum atomic E-state index is -4.95. The first-order valence-electron chi connectivity index (χ1n) is 15.1. The molecule has 0 atom stereocenters. The Hall–Kier alpha value is -5.83. The highest BCUT2D eigenvalue weighted by molar-refractivity contribution is 7.86. The van der Waals surface area contributed by atoms with Gasteiger partial charge in [0.05, 0.1) is 18.5 Å². The molecule has 6 aromatic rings. The number of benzene rings is 6. The Morgan fingerprint density at radius 2 is 1.26 bits per heavy atom. The van der Waals surface area contributed by atoms with Gasteiger partial charge >= 0.3 is 0 Å². The summed E-state index contributed by atoms with van der Waals surface area (Å²) in [6, 6.07) is 23.4. The van der Waals surface area contributed by atoms with Crippen LogP contribution in [0.4, 0.5) is 34.1 Å². The first-order valence-corrected chi connectivity index (χ1v) is 19.4. The molecule has 0 heterocycles. The lowest BCUT2D eigenvalue weighted by Gasteiger charge is -2.12. The van der Waals surface area contributed by atoms with E-state index in [-0.39, 0.29) is 44.4 Å². The molecule has 0 bridgehead atoms. The minimum Gasteiger partial charge on any atom is -0.505 e. The van der Waals surface area contributed by atoms with E-state index < -0.39 is 56.5 Å². The molecular weight excluding hydrogens is 751 g/mol. The Bertz CT molecular complexity index is 2850. The molecule has 0 spiro atoms. The van der Waals surface area contributed by atoms with Gasteiger partial charge in [-0.3, -0.25) is 13.7 Å². The van der Waals surface area contributed by atoms with Gasteiger partial charge in [-0.05, 0) is 84.6 Å². The quantitative estimate of drug-likeness (QED) is 0.0650. The highest BCUT2D eigenvalue weighted by atomic mass is 32.2. The molecule has 0 saturated carbocycles. The smallest absolute Gasteiger partial charge is 0.296 e. The van der Waals surface area contributed by atoms with Crippen molar-refractivity contribution >= 4 is 86.0 Å².